The SMILES string of the molecule is COc1ccc(N2CCN(c3nc(-c4ccc(C)cc4)cc(=O)[nH]3)CC2)cc1. The topological polar surface area (TPSA) is 61.5 Å². The molecule has 144 valence electrons. The summed E-state index contributed by atoms with van der Waals surface area (Å²) >= 11 is 0. The summed E-state index contributed by atoms with van der Waals surface area (Å²) in [7, 11) is 1.67. The fourth-order valence-electron chi connectivity index (χ4n) is 3.44. The molecular weight excluding hydrogens is 352 g/mol. The van der Waals surface area contributed by atoms with Gasteiger partial charge in [-0.05, 0) is 31.2 Å². The summed E-state index contributed by atoms with van der Waals surface area (Å²) in [4.78, 5) is 24.3. The standard InChI is InChI=1S/C22H24N4O2/c1-16-3-5-17(6-4-16)20-15-21(27)24-22(23-20)26-13-11-25(12-14-26)18-7-9-19(28-2)10-8-18/h3-10,15H,11-14H2,1-2H3,(H,23,24,27). The molecule has 0 radical (unpaired) electrons. The molecular formula is C22H24N4O2. The maximum absolute atomic E-state index is 12.2. The lowest BCUT2D eigenvalue weighted by molar-refractivity contribution is 0.415. The van der Waals surface area contributed by atoms with Gasteiger partial charge in [0, 0.05) is 43.5 Å². The Kier molecular flexibility index (Phi) is 5.02. The lowest BCUT2D eigenvalue weighted by Gasteiger charge is -2.36. The zero-order valence-corrected chi connectivity index (χ0v) is 16.2. The van der Waals surface area contributed by atoms with Crippen LogP contribution in [0.5, 0.6) is 5.75 Å². The van der Waals surface area contributed by atoms with Crippen LogP contribution in [0.2, 0.25) is 0 Å². The van der Waals surface area contributed by atoms with Crippen molar-refractivity contribution in [3.63, 3.8) is 0 Å². The summed E-state index contributed by atoms with van der Waals surface area (Å²) in [5, 5.41) is 0. The van der Waals surface area contributed by atoms with E-state index in [2.05, 4.69) is 26.9 Å². The molecule has 0 spiro atoms. The molecule has 1 N–H and O–H groups in total. The Bertz CT molecular complexity index is 988. The highest BCUT2D eigenvalue weighted by molar-refractivity contribution is 5.60. The molecule has 4 rings (SSSR count). The van der Waals surface area contributed by atoms with E-state index < -0.39 is 0 Å². The Balaban J connectivity index is 1.49. The Morgan fingerprint density at radius 2 is 1.57 bits per heavy atom. The number of hydrogen-bond acceptors (Lipinski definition) is 5. The number of hydrogen-bond donors (Lipinski definition) is 1. The molecule has 0 atom stereocenters. The van der Waals surface area contributed by atoms with Crippen molar-refractivity contribution in [3.05, 3.63) is 70.5 Å². The summed E-state index contributed by atoms with van der Waals surface area (Å²) in [5.74, 6) is 1.49. The summed E-state index contributed by atoms with van der Waals surface area (Å²) in [6.07, 6.45) is 0. The van der Waals surface area contributed by atoms with Crippen LogP contribution >= 0.6 is 0 Å². The van der Waals surface area contributed by atoms with Gasteiger partial charge in [0.15, 0.2) is 0 Å². The lowest BCUT2D eigenvalue weighted by atomic mass is 10.1. The van der Waals surface area contributed by atoms with Gasteiger partial charge in [-0.1, -0.05) is 29.8 Å². The van der Waals surface area contributed by atoms with Gasteiger partial charge >= 0.3 is 0 Å². The first-order chi connectivity index (χ1) is 13.6. The summed E-state index contributed by atoms with van der Waals surface area (Å²) in [6, 6.07) is 17.7. The molecule has 2 heterocycles. The van der Waals surface area contributed by atoms with E-state index in [1.165, 1.54) is 11.3 Å². The maximum Gasteiger partial charge on any atom is 0.252 e. The first-order valence-electron chi connectivity index (χ1n) is 9.45. The summed E-state index contributed by atoms with van der Waals surface area (Å²) in [5.41, 5.74) is 3.89. The highest BCUT2D eigenvalue weighted by Crippen LogP contribution is 2.22. The smallest absolute Gasteiger partial charge is 0.252 e. The van der Waals surface area contributed by atoms with E-state index in [1.54, 1.807) is 13.2 Å². The van der Waals surface area contributed by atoms with E-state index in [0.717, 1.165) is 37.5 Å². The third kappa shape index (κ3) is 3.86. The van der Waals surface area contributed by atoms with Crippen molar-refractivity contribution >= 4 is 11.6 Å². The predicted molar refractivity (Wildman–Crippen MR) is 112 cm³/mol. The van der Waals surface area contributed by atoms with Crippen LogP contribution in [-0.4, -0.2) is 43.3 Å². The van der Waals surface area contributed by atoms with Gasteiger partial charge in [-0.2, -0.15) is 0 Å². The molecule has 6 heteroatoms. The fourth-order valence-corrected chi connectivity index (χ4v) is 3.44. The van der Waals surface area contributed by atoms with Gasteiger partial charge in [0.05, 0.1) is 12.8 Å². The van der Waals surface area contributed by atoms with E-state index in [9.17, 15) is 4.79 Å². The van der Waals surface area contributed by atoms with Gasteiger partial charge in [-0.25, -0.2) is 4.98 Å². The molecule has 1 aliphatic heterocycles. The number of anilines is 2. The van der Waals surface area contributed by atoms with E-state index in [4.69, 9.17) is 9.72 Å². The molecule has 2 aromatic carbocycles. The number of piperazine rings is 1. The Hall–Kier alpha value is -3.28. The maximum atomic E-state index is 12.2. The van der Waals surface area contributed by atoms with E-state index in [1.807, 2.05) is 43.3 Å². The number of methoxy groups -OCH3 is 1. The fraction of sp³-hybridized carbons (Fsp3) is 0.273. The molecule has 1 saturated heterocycles. The molecule has 1 aromatic heterocycles. The number of aromatic amines is 1. The van der Waals surface area contributed by atoms with Crippen LogP contribution in [0.4, 0.5) is 11.6 Å². The minimum atomic E-state index is -0.127. The van der Waals surface area contributed by atoms with Crippen molar-refractivity contribution in [1.82, 2.24) is 9.97 Å². The normalized spacial score (nSPS) is 14.2. The zero-order chi connectivity index (χ0) is 19.5. The molecule has 0 saturated carbocycles. The molecule has 1 fully saturated rings. The van der Waals surface area contributed by atoms with Crippen LogP contribution in [0, 0.1) is 6.92 Å². The van der Waals surface area contributed by atoms with Gasteiger partial charge in [0.2, 0.25) is 5.95 Å². The van der Waals surface area contributed by atoms with Crippen molar-refractivity contribution in [1.29, 1.82) is 0 Å². The molecule has 28 heavy (non-hydrogen) atoms. The quantitative estimate of drug-likeness (QED) is 0.758. The lowest BCUT2D eigenvalue weighted by Crippen LogP contribution is -2.47. The Labute approximate surface area is 164 Å². The molecule has 1 aliphatic rings. The van der Waals surface area contributed by atoms with Gasteiger partial charge in [-0.3, -0.25) is 9.78 Å². The largest absolute Gasteiger partial charge is 0.497 e. The van der Waals surface area contributed by atoms with Crippen LogP contribution in [0.15, 0.2) is 59.4 Å². The second kappa shape index (κ2) is 7.76. The molecule has 0 unspecified atom stereocenters. The first-order valence-corrected chi connectivity index (χ1v) is 9.45. The third-order valence-electron chi connectivity index (χ3n) is 5.09. The molecule has 0 bridgehead atoms. The van der Waals surface area contributed by atoms with Gasteiger partial charge in [-0.15, -0.1) is 0 Å². The van der Waals surface area contributed by atoms with Crippen molar-refractivity contribution in [2.75, 3.05) is 43.1 Å². The summed E-state index contributed by atoms with van der Waals surface area (Å²) in [6.45, 7) is 5.37. The second-order valence-electron chi connectivity index (χ2n) is 6.99. The van der Waals surface area contributed by atoms with E-state index >= 15 is 0 Å². The number of aromatic nitrogens is 2. The number of H-pyrrole nitrogens is 1. The Morgan fingerprint density at radius 1 is 0.929 bits per heavy atom. The number of rotatable bonds is 4. The average Bonchev–Trinajstić information content (AvgIpc) is 2.74. The highest BCUT2D eigenvalue weighted by atomic mass is 16.5. The minimum Gasteiger partial charge on any atom is -0.497 e. The molecule has 6 nitrogen and oxygen atoms in total. The van der Waals surface area contributed by atoms with Crippen LogP contribution in [0.1, 0.15) is 5.56 Å². The number of nitrogens with one attached hydrogen (secondary N) is 1. The number of nitrogens with zero attached hydrogens (tertiary/aromatic N) is 3. The first kappa shape index (κ1) is 18.1. The molecule has 0 amide bonds. The third-order valence-corrected chi connectivity index (χ3v) is 5.09. The van der Waals surface area contributed by atoms with Gasteiger partial charge < -0.3 is 14.5 Å². The average molecular weight is 376 g/mol. The van der Waals surface area contributed by atoms with Crippen LogP contribution in [0.3, 0.4) is 0 Å². The monoisotopic (exact) mass is 376 g/mol. The minimum absolute atomic E-state index is 0.127. The van der Waals surface area contributed by atoms with Crippen LogP contribution in [-0.2, 0) is 0 Å². The van der Waals surface area contributed by atoms with E-state index in [0.29, 0.717) is 11.6 Å². The highest BCUT2D eigenvalue weighted by Gasteiger charge is 2.19. The number of benzene rings is 2. The molecule has 0 aliphatic carbocycles. The number of ether oxygens (including phenoxy) is 1. The molecule has 3 aromatic rings. The van der Waals surface area contributed by atoms with Gasteiger partial charge in [0.1, 0.15) is 5.75 Å². The Morgan fingerprint density at radius 3 is 2.21 bits per heavy atom. The van der Waals surface area contributed by atoms with Crippen molar-refractivity contribution < 1.29 is 4.74 Å². The van der Waals surface area contributed by atoms with Crippen LogP contribution < -0.4 is 20.1 Å². The van der Waals surface area contributed by atoms with Gasteiger partial charge in [0.25, 0.3) is 5.56 Å². The van der Waals surface area contributed by atoms with Crippen molar-refractivity contribution in [3.8, 4) is 17.0 Å². The van der Waals surface area contributed by atoms with E-state index in [-0.39, 0.29) is 5.56 Å². The van der Waals surface area contributed by atoms with Crippen molar-refractivity contribution in [2.24, 2.45) is 0 Å². The van der Waals surface area contributed by atoms with Crippen LogP contribution in [0.25, 0.3) is 11.3 Å². The summed E-state index contributed by atoms with van der Waals surface area (Å²) < 4.78 is 5.23. The van der Waals surface area contributed by atoms with Crippen molar-refractivity contribution in [2.45, 2.75) is 6.92 Å². The second-order valence-corrected chi connectivity index (χ2v) is 6.99. The zero-order valence-electron chi connectivity index (χ0n) is 16.2. The number of aryl methyl sites for hydroxylation is 1. The predicted octanol–water partition coefficient (Wildman–Crippen LogP) is 3.08.